The monoisotopic (exact) mass is 274 g/mol. The Balaban J connectivity index is 2.10. The van der Waals surface area contributed by atoms with Gasteiger partial charge in [0.05, 0.1) is 10.6 Å². The first-order valence-electron chi connectivity index (χ1n) is 4.96. The lowest BCUT2D eigenvalue weighted by molar-refractivity contribution is 0.0599. The summed E-state index contributed by atoms with van der Waals surface area (Å²) in [5.74, 6) is 0.281. The van der Waals surface area contributed by atoms with Crippen LogP contribution >= 0.6 is 15.9 Å². The highest BCUT2D eigenvalue weighted by molar-refractivity contribution is 9.10. The third kappa shape index (κ3) is 2.49. The fourth-order valence-electron chi connectivity index (χ4n) is 1.78. The minimum atomic E-state index is -0.401. The third-order valence-electron chi connectivity index (χ3n) is 2.59. The van der Waals surface area contributed by atoms with Gasteiger partial charge in [-0.2, -0.15) is 0 Å². The highest BCUT2D eigenvalue weighted by atomic mass is 79.9. The molecule has 0 aliphatic heterocycles. The molecule has 15 heavy (non-hydrogen) atoms. The fraction of sp³-hybridized carbons (Fsp3) is 0.455. The molecule has 2 nitrogen and oxygen atoms in total. The van der Waals surface area contributed by atoms with Crippen molar-refractivity contribution in [2.45, 2.75) is 31.5 Å². The van der Waals surface area contributed by atoms with Gasteiger partial charge >= 0.3 is 0 Å². The van der Waals surface area contributed by atoms with Crippen LogP contribution in [0.15, 0.2) is 22.7 Å². The number of aliphatic hydroxyl groups excluding tert-OH is 1. The van der Waals surface area contributed by atoms with E-state index >= 15 is 0 Å². The van der Waals surface area contributed by atoms with Crippen molar-refractivity contribution in [2.75, 3.05) is 0 Å². The van der Waals surface area contributed by atoms with Crippen molar-refractivity contribution in [2.24, 2.45) is 0 Å². The van der Waals surface area contributed by atoms with E-state index in [4.69, 9.17) is 4.74 Å². The molecule has 4 heteroatoms. The van der Waals surface area contributed by atoms with Crippen molar-refractivity contribution in [3.8, 4) is 5.75 Å². The number of hydrogen-bond acceptors (Lipinski definition) is 2. The first kappa shape index (κ1) is 10.9. The molecule has 1 aromatic rings. The molecule has 1 N–H and O–H groups in total. The molecule has 1 fully saturated rings. The Morgan fingerprint density at radius 2 is 2.20 bits per heavy atom. The smallest absolute Gasteiger partial charge is 0.134 e. The summed E-state index contributed by atoms with van der Waals surface area (Å²) in [6.45, 7) is 0. The highest BCUT2D eigenvalue weighted by Crippen LogP contribution is 2.30. The van der Waals surface area contributed by atoms with E-state index in [-0.39, 0.29) is 11.9 Å². The number of hydrogen-bond donors (Lipinski definition) is 1. The molecule has 0 bridgehead atoms. The second-order valence-electron chi connectivity index (χ2n) is 3.73. The predicted molar refractivity (Wildman–Crippen MR) is 58.4 cm³/mol. The first-order valence-corrected chi connectivity index (χ1v) is 5.76. The Hall–Kier alpha value is -0.610. The van der Waals surface area contributed by atoms with Gasteiger partial charge in [0, 0.05) is 0 Å². The van der Waals surface area contributed by atoms with Crippen molar-refractivity contribution >= 4 is 15.9 Å². The summed E-state index contributed by atoms with van der Waals surface area (Å²) in [6, 6.07) is 4.28. The lowest BCUT2D eigenvalue weighted by Crippen LogP contribution is -2.25. The van der Waals surface area contributed by atoms with Gasteiger partial charge in [0.2, 0.25) is 0 Å². The number of aliphatic hydroxyl groups is 1. The molecule has 2 atom stereocenters. The molecule has 0 heterocycles. The van der Waals surface area contributed by atoms with Crippen LogP contribution in [-0.4, -0.2) is 17.3 Å². The Morgan fingerprint density at radius 1 is 1.40 bits per heavy atom. The maximum Gasteiger partial charge on any atom is 0.134 e. The largest absolute Gasteiger partial charge is 0.487 e. The van der Waals surface area contributed by atoms with Crippen LogP contribution < -0.4 is 4.74 Å². The molecule has 2 rings (SSSR count). The SMILES string of the molecule is O[C@H]1CCC[C@@H]1Oc1ccc(F)cc1Br. The van der Waals surface area contributed by atoms with Gasteiger partial charge in [-0.1, -0.05) is 0 Å². The maximum atomic E-state index is 12.8. The van der Waals surface area contributed by atoms with E-state index in [1.165, 1.54) is 12.1 Å². The molecule has 0 aromatic heterocycles. The van der Waals surface area contributed by atoms with Gasteiger partial charge in [-0.3, -0.25) is 0 Å². The molecule has 1 aliphatic rings. The highest BCUT2D eigenvalue weighted by Gasteiger charge is 2.27. The van der Waals surface area contributed by atoms with Gasteiger partial charge in [-0.05, 0) is 53.4 Å². The molecule has 0 amide bonds. The minimum absolute atomic E-state index is 0.160. The van der Waals surface area contributed by atoms with Crippen LogP contribution in [0.25, 0.3) is 0 Å². The average molecular weight is 275 g/mol. The molecule has 0 saturated heterocycles. The molecule has 1 aliphatic carbocycles. The molecule has 1 saturated carbocycles. The van der Waals surface area contributed by atoms with E-state index in [2.05, 4.69) is 15.9 Å². The van der Waals surface area contributed by atoms with Crippen LogP contribution in [0, 0.1) is 5.82 Å². The molecule has 0 radical (unpaired) electrons. The number of ether oxygens (including phenoxy) is 1. The van der Waals surface area contributed by atoms with Crippen LogP contribution in [0.1, 0.15) is 19.3 Å². The second-order valence-corrected chi connectivity index (χ2v) is 4.58. The summed E-state index contributed by atoms with van der Waals surface area (Å²) >= 11 is 3.23. The van der Waals surface area contributed by atoms with E-state index < -0.39 is 6.10 Å². The van der Waals surface area contributed by atoms with Crippen LogP contribution in [0.3, 0.4) is 0 Å². The van der Waals surface area contributed by atoms with E-state index in [9.17, 15) is 9.50 Å². The van der Waals surface area contributed by atoms with Crippen molar-refractivity contribution in [3.63, 3.8) is 0 Å². The number of halogens is 2. The van der Waals surface area contributed by atoms with E-state index in [0.29, 0.717) is 10.2 Å². The number of benzene rings is 1. The quantitative estimate of drug-likeness (QED) is 0.899. The van der Waals surface area contributed by atoms with Gasteiger partial charge < -0.3 is 9.84 Å². The van der Waals surface area contributed by atoms with E-state index in [1.54, 1.807) is 6.07 Å². The Bertz CT molecular complexity index is 356. The lowest BCUT2D eigenvalue weighted by atomic mass is 10.2. The van der Waals surface area contributed by atoms with Gasteiger partial charge in [0.15, 0.2) is 0 Å². The Morgan fingerprint density at radius 3 is 2.80 bits per heavy atom. The zero-order valence-electron chi connectivity index (χ0n) is 8.12. The summed E-state index contributed by atoms with van der Waals surface area (Å²) in [5.41, 5.74) is 0. The van der Waals surface area contributed by atoms with Gasteiger partial charge in [-0.25, -0.2) is 4.39 Å². The molecule has 0 spiro atoms. The van der Waals surface area contributed by atoms with Crippen molar-refractivity contribution in [1.82, 2.24) is 0 Å². The van der Waals surface area contributed by atoms with E-state index in [1.807, 2.05) is 0 Å². The average Bonchev–Trinajstić information content (AvgIpc) is 2.57. The summed E-state index contributed by atoms with van der Waals surface area (Å²) < 4.78 is 19.0. The third-order valence-corrected chi connectivity index (χ3v) is 3.21. The Labute approximate surface area is 96.2 Å². The van der Waals surface area contributed by atoms with Gasteiger partial charge in [0.25, 0.3) is 0 Å². The van der Waals surface area contributed by atoms with Gasteiger partial charge in [-0.15, -0.1) is 0 Å². The molecule has 82 valence electrons. The lowest BCUT2D eigenvalue weighted by Gasteiger charge is -2.17. The summed E-state index contributed by atoms with van der Waals surface area (Å²) in [6.07, 6.45) is 2.05. The standard InChI is InChI=1S/C11H12BrFO2/c12-8-6-7(13)4-5-10(8)15-11-3-1-2-9(11)14/h4-6,9,11,14H,1-3H2/t9-,11-/m0/s1. The predicted octanol–water partition coefficient (Wildman–Crippen LogP) is 2.88. The zero-order valence-corrected chi connectivity index (χ0v) is 9.71. The Kier molecular flexibility index (Phi) is 3.26. The summed E-state index contributed by atoms with van der Waals surface area (Å²) in [5, 5.41) is 9.58. The topological polar surface area (TPSA) is 29.5 Å². The fourth-order valence-corrected chi connectivity index (χ4v) is 2.22. The molecular formula is C11H12BrFO2. The van der Waals surface area contributed by atoms with E-state index in [0.717, 1.165) is 19.3 Å². The molecular weight excluding hydrogens is 263 g/mol. The van der Waals surface area contributed by atoms with Crippen LogP contribution in [0.2, 0.25) is 0 Å². The normalized spacial score (nSPS) is 25.5. The van der Waals surface area contributed by atoms with Crippen LogP contribution in [0.4, 0.5) is 4.39 Å². The molecule has 0 unspecified atom stereocenters. The van der Waals surface area contributed by atoms with Crippen molar-refractivity contribution in [1.29, 1.82) is 0 Å². The zero-order chi connectivity index (χ0) is 10.8. The minimum Gasteiger partial charge on any atom is -0.487 e. The summed E-state index contributed by atoms with van der Waals surface area (Å²) in [4.78, 5) is 0. The molecule has 1 aromatic carbocycles. The van der Waals surface area contributed by atoms with Gasteiger partial charge in [0.1, 0.15) is 17.7 Å². The van der Waals surface area contributed by atoms with Crippen molar-refractivity contribution < 1.29 is 14.2 Å². The maximum absolute atomic E-state index is 12.8. The second kappa shape index (κ2) is 4.49. The van der Waals surface area contributed by atoms with Crippen LogP contribution in [-0.2, 0) is 0 Å². The summed E-state index contributed by atoms with van der Waals surface area (Å²) in [7, 11) is 0. The van der Waals surface area contributed by atoms with Crippen LogP contribution in [0.5, 0.6) is 5.75 Å². The first-order chi connectivity index (χ1) is 7.16. The van der Waals surface area contributed by atoms with Crippen molar-refractivity contribution in [3.05, 3.63) is 28.5 Å². The number of rotatable bonds is 2.